The second-order valence-corrected chi connectivity index (χ2v) is 6.97. The summed E-state index contributed by atoms with van der Waals surface area (Å²) in [6.45, 7) is 14.7. The summed E-state index contributed by atoms with van der Waals surface area (Å²) in [7, 11) is 0. The normalized spacial score (nSPS) is 21.6. The van der Waals surface area contributed by atoms with Crippen LogP contribution < -0.4 is 5.32 Å². The summed E-state index contributed by atoms with van der Waals surface area (Å²) in [5, 5.41) is 7.64. The zero-order valence-corrected chi connectivity index (χ0v) is 14.3. The molecule has 1 aromatic heterocycles. The van der Waals surface area contributed by atoms with Gasteiger partial charge in [0.15, 0.2) is 0 Å². The third-order valence-electron chi connectivity index (χ3n) is 3.70. The average Bonchev–Trinajstić information content (AvgIpc) is 2.83. The summed E-state index contributed by atoms with van der Waals surface area (Å²) in [6, 6.07) is 0.317. The minimum Gasteiger partial charge on any atom is -0.370 e. The maximum atomic E-state index is 6.13. The lowest BCUT2D eigenvalue weighted by Crippen LogP contribution is -2.45. The van der Waals surface area contributed by atoms with Gasteiger partial charge in [-0.3, -0.25) is 9.67 Å². The molecule has 6 nitrogen and oxygen atoms in total. The van der Waals surface area contributed by atoms with Gasteiger partial charge in [-0.1, -0.05) is 0 Å². The number of aliphatic imine (C=N–C) groups is 2. The van der Waals surface area contributed by atoms with E-state index in [1.807, 2.05) is 17.8 Å². The maximum absolute atomic E-state index is 6.13. The molecule has 1 fully saturated rings. The first-order valence-corrected chi connectivity index (χ1v) is 7.77. The van der Waals surface area contributed by atoms with Gasteiger partial charge >= 0.3 is 0 Å². The molecular weight excluding hydrogens is 278 g/mol. The van der Waals surface area contributed by atoms with Crippen LogP contribution in [-0.4, -0.2) is 40.2 Å². The van der Waals surface area contributed by atoms with Gasteiger partial charge in [-0.05, 0) is 54.2 Å². The van der Waals surface area contributed by atoms with Crippen LogP contribution in [0.15, 0.2) is 22.4 Å². The summed E-state index contributed by atoms with van der Waals surface area (Å²) < 4.78 is 8.15. The Kier molecular flexibility index (Phi) is 4.70. The first kappa shape index (κ1) is 16.7. The monoisotopic (exact) mass is 305 g/mol. The van der Waals surface area contributed by atoms with Crippen molar-refractivity contribution < 1.29 is 4.74 Å². The van der Waals surface area contributed by atoms with Crippen molar-refractivity contribution in [1.29, 1.82) is 0 Å². The third kappa shape index (κ3) is 4.16. The van der Waals surface area contributed by atoms with E-state index in [2.05, 4.69) is 54.8 Å². The van der Waals surface area contributed by atoms with Crippen LogP contribution in [0.2, 0.25) is 0 Å². The van der Waals surface area contributed by atoms with Crippen molar-refractivity contribution in [1.82, 2.24) is 9.78 Å². The van der Waals surface area contributed by atoms with E-state index in [1.165, 1.54) is 0 Å². The Morgan fingerprint density at radius 1 is 1.41 bits per heavy atom. The zero-order valence-electron chi connectivity index (χ0n) is 14.3. The number of nitrogens with zero attached hydrogens (tertiary/aromatic N) is 4. The second kappa shape index (κ2) is 6.20. The highest BCUT2D eigenvalue weighted by Gasteiger charge is 2.40. The van der Waals surface area contributed by atoms with Crippen molar-refractivity contribution in [2.75, 3.05) is 11.9 Å². The summed E-state index contributed by atoms with van der Waals surface area (Å²) in [6.07, 6.45) is 5.67. The molecule has 0 bridgehead atoms. The number of hydrogen-bond donors (Lipinski definition) is 1. The summed E-state index contributed by atoms with van der Waals surface area (Å²) in [5.41, 5.74) is 0.578. The molecule has 0 unspecified atom stereocenters. The lowest BCUT2D eigenvalue weighted by atomic mass is 9.85. The summed E-state index contributed by atoms with van der Waals surface area (Å²) in [4.78, 5) is 8.10. The molecule has 0 saturated carbocycles. The van der Waals surface area contributed by atoms with Crippen LogP contribution in [-0.2, 0) is 4.74 Å². The minimum atomic E-state index is -0.149. The number of nitrogens with one attached hydrogen (secondary N) is 1. The molecule has 1 aromatic rings. The van der Waals surface area contributed by atoms with Crippen LogP contribution in [0.4, 0.5) is 5.69 Å². The molecule has 22 heavy (non-hydrogen) atoms. The number of aromatic nitrogens is 2. The molecule has 1 saturated heterocycles. The minimum absolute atomic E-state index is 0.149. The van der Waals surface area contributed by atoms with Gasteiger partial charge in [0, 0.05) is 12.7 Å². The van der Waals surface area contributed by atoms with E-state index in [9.17, 15) is 0 Å². The Bertz CT molecular complexity index is 543. The number of guanidine groups is 1. The van der Waals surface area contributed by atoms with Gasteiger partial charge < -0.3 is 10.1 Å². The smallest absolute Gasteiger partial charge is 0.221 e. The molecule has 0 radical (unpaired) electrons. The summed E-state index contributed by atoms with van der Waals surface area (Å²) >= 11 is 0. The van der Waals surface area contributed by atoms with Gasteiger partial charge in [0.2, 0.25) is 5.96 Å². The van der Waals surface area contributed by atoms with Crippen LogP contribution in [0.25, 0.3) is 0 Å². The van der Waals surface area contributed by atoms with E-state index in [-0.39, 0.29) is 11.2 Å². The molecule has 2 heterocycles. The molecule has 1 aliphatic heterocycles. The van der Waals surface area contributed by atoms with E-state index in [0.29, 0.717) is 18.5 Å². The van der Waals surface area contributed by atoms with Gasteiger partial charge in [0.05, 0.1) is 29.1 Å². The van der Waals surface area contributed by atoms with Crippen molar-refractivity contribution >= 4 is 18.4 Å². The van der Waals surface area contributed by atoms with Crippen LogP contribution in [0.5, 0.6) is 0 Å². The molecule has 1 aliphatic rings. The highest BCUT2D eigenvalue weighted by Crippen LogP contribution is 2.40. The van der Waals surface area contributed by atoms with E-state index < -0.39 is 0 Å². The Balaban J connectivity index is 2.14. The van der Waals surface area contributed by atoms with E-state index in [1.54, 1.807) is 6.20 Å². The van der Waals surface area contributed by atoms with Crippen LogP contribution in [0, 0.1) is 0 Å². The van der Waals surface area contributed by atoms with Crippen molar-refractivity contribution in [2.45, 2.75) is 64.7 Å². The first-order chi connectivity index (χ1) is 10.2. The largest absolute Gasteiger partial charge is 0.370 e. The predicted molar refractivity (Wildman–Crippen MR) is 90.9 cm³/mol. The fourth-order valence-corrected chi connectivity index (χ4v) is 3.24. The molecule has 0 aromatic carbocycles. The lowest BCUT2D eigenvalue weighted by Gasteiger charge is -2.45. The lowest BCUT2D eigenvalue weighted by molar-refractivity contribution is -0.170. The van der Waals surface area contributed by atoms with Gasteiger partial charge in [-0.25, -0.2) is 4.99 Å². The number of ether oxygens (including phenoxy) is 1. The number of rotatable bonds is 3. The van der Waals surface area contributed by atoms with Crippen molar-refractivity contribution in [3.63, 3.8) is 0 Å². The Labute approximate surface area is 132 Å². The van der Waals surface area contributed by atoms with Crippen molar-refractivity contribution in [3.05, 3.63) is 12.4 Å². The second-order valence-electron chi connectivity index (χ2n) is 6.97. The summed E-state index contributed by atoms with van der Waals surface area (Å²) in [5.74, 6) is 0.523. The standard InChI is InChI=1S/C16H27N5O/c1-7-18-14(17-6)20-12-10-19-21(11-12)13-8-15(2,3)22-16(4,5)9-13/h10-11,13H,6-9H2,1-5H3,(H,18,20). The molecule has 0 spiro atoms. The molecule has 6 heteroatoms. The molecule has 0 amide bonds. The van der Waals surface area contributed by atoms with Crippen molar-refractivity contribution in [2.24, 2.45) is 9.98 Å². The molecule has 1 N–H and O–H groups in total. The van der Waals surface area contributed by atoms with E-state index in [0.717, 1.165) is 18.5 Å². The van der Waals surface area contributed by atoms with Gasteiger partial charge in [0.1, 0.15) is 0 Å². The highest BCUT2D eigenvalue weighted by atomic mass is 16.5. The SMILES string of the molecule is C=NC(=NCC)Nc1cnn(C2CC(C)(C)OC(C)(C)C2)c1. The maximum Gasteiger partial charge on any atom is 0.221 e. The molecule has 0 aliphatic carbocycles. The van der Waals surface area contributed by atoms with E-state index in [4.69, 9.17) is 4.74 Å². The zero-order chi connectivity index (χ0) is 16.4. The first-order valence-electron chi connectivity index (χ1n) is 7.77. The predicted octanol–water partition coefficient (Wildman–Crippen LogP) is 3.28. The average molecular weight is 305 g/mol. The fourth-order valence-electron chi connectivity index (χ4n) is 3.24. The van der Waals surface area contributed by atoms with E-state index >= 15 is 0 Å². The van der Waals surface area contributed by atoms with Crippen LogP contribution in [0.1, 0.15) is 53.5 Å². The Morgan fingerprint density at radius 3 is 2.59 bits per heavy atom. The van der Waals surface area contributed by atoms with Gasteiger partial charge in [0.25, 0.3) is 0 Å². The molecular formula is C16H27N5O. The highest BCUT2D eigenvalue weighted by molar-refractivity contribution is 5.96. The topological polar surface area (TPSA) is 63.8 Å². The van der Waals surface area contributed by atoms with Gasteiger partial charge in [-0.2, -0.15) is 5.10 Å². The van der Waals surface area contributed by atoms with Crippen LogP contribution in [0.3, 0.4) is 0 Å². The number of anilines is 1. The Hall–Kier alpha value is -1.69. The van der Waals surface area contributed by atoms with Crippen molar-refractivity contribution in [3.8, 4) is 0 Å². The fraction of sp³-hybridized carbons (Fsp3) is 0.688. The molecule has 2 rings (SSSR count). The number of hydrogen-bond acceptors (Lipinski definition) is 3. The van der Waals surface area contributed by atoms with Crippen LogP contribution >= 0.6 is 0 Å². The Morgan fingerprint density at radius 2 is 2.05 bits per heavy atom. The quantitative estimate of drug-likeness (QED) is 0.688. The molecule has 0 atom stereocenters. The van der Waals surface area contributed by atoms with Gasteiger partial charge in [-0.15, -0.1) is 0 Å². The third-order valence-corrected chi connectivity index (χ3v) is 3.70. The molecule has 122 valence electrons.